The maximum atomic E-state index is 12.7. The zero-order valence-electron chi connectivity index (χ0n) is 12.4. The number of benzene rings is 1. The minimum absolute atomic E-state index is 0.117. The van der Waals surface area contributed by atoms with Crippen LogP contribution < -0.4 is 5.32 Å². The number of hydrogen-bond donors (Lipinski definition) is 1. The Labute approximate surface area is 130 Å². The number of ketones is 1. The van der Waals surface area contributed by atoms with E-state index in [0.29, 0.717) is 11.3 Å². The first-order valence-electron chi connectivity index (χ1n) is 6.69. The van der Waals surface area contributed by atoms with Crippen LogP contribution in [-0.4, -0.2) is 21.5 Å². The Balaban J connectivity index is 2.19. The molecule has 2 rings (SSSR count). The van der Waals surface area contributed by atoms with E-state index in [1.165, 1.54) is 16.8 Å². The number of aromatic nitrogens is 2. The van der Waals surface area contributed by atoms with Crippen LogP contribution in [0.15, 0.2) is 30.3 Å². The van der Waals surface area contributed by atoms with Crippen molar-refractivity contribution in [1.82, 2.24) is 9.78 Å². The summed E-state index contributed by atoms with van der Waals surface area (Å²) >= 11 is 0. The molecule has 0 unspecified atom stereocenters. The predicted octanol–water partition coefficient (Wildman–Crippen LogP) is 2.79. The lowest BCUT2D eigenvalue weighted by molar-refractivity contribution is -0.137. The molecule has 0 radical (unpaired) electrons. The highest BCUT2D eigenvalue weighted by Gasteiger charge is 2.30. The van der Waals surface area contributed by atoms with Crippen LogP contribution in [0, 0.1) is 6.92 Å². The number of nitrogens with one attached hydrogen (secondary N) is 1. The molecule has 1 aromatic heterocycles. The van der Waals surface area contributed by atoms with Gasteiger partial charge in [0.15, 0.2) is 5.82 Å². The predicted molar refractivity (Wildman–Crippen MR) is 76.8 cm³/mol. The molecule has 23 heavy (non-hydrogen) atoms. The van der Waals surface area contributed by atoms with Gasteiger partial charge in [-0.15, -0.1) is 0 Å². The van der Waals surface area contributed by atoms with Crippen molar-refractivity contribution in [1.29, 1.82) is 0 Å². The molecule has 1 heterocycles. The van der Waals surface area contributed by atoms with Crippen LogP contribution in [0.4, 0.5) is 19.0 Å². The number of anilines is 1. The zero-order valence-corrected chi connectivity index (χ0v) is 12.4. The van der Waals surface area contributed by atoms with Gasteiger partial charge in [-0.05, 0) is 24.6 Å². The number of halogens is 3. The second-order valence-corrected chi connectivity index (χ2v) is 5.04. The van der Waals surface area contributed by atoms with Crippen LogP contribution in [0.2, 0.25) is 0 Å². The van der Waals surface area contributed by atoms with Crippen molar-refractivity contribution < 1.29 is 22.8 Å². The second-order valence-electron chi connectivity index (χ2n) is 5.04. The standard InChI is InChI=1S/C15H14F3N3O2/c1-9-6-13(19-14(23)10(2)22)20-21(9)8-11-4-3-5-12(7-11)15(16,17)18/h3-7H,8H2,1-2H3,(H,19,20,23). The molecule has 8 heteroatoms. The van der Waals surface area contributed by atoms with Crippen molar-refractivity contribution in [2.24, 2.45) is 0 Å². The molecular weight excluding hydrogens is 311 g/mol. The summed E-state index contributed by atoms with van der Waals surface area (Å²) in [5.41, 5.74) is 0.335. The van der Waals surface area contributed by atoms with E-state index in [9.17, 15) is 22.8 Å². The Morgan fingerprint density at radius 3 is 2.57 bits per heavy atom. The number of aryl methyl sites for hydroxylation is 1. The molecule has 5 nitrogen and oxygen atoms in total. The second kappa shape index (κ2) is 6.23. The summed E-state index contributed by atoms with van der Waals surface area (Å²) in [6, 6.07) is 6.47. The summed E-state index contributed by atoms with van der Waals surface area (Å²) in [6.07, 6.45) is -4.41. The lowest BCUT2D eigenvalue weighted by Crippen LogP contribution is -2.20. The van der Waals surface area contributed by atoms with E-state index in [0.717, 1.165) is 19.1 Å². The number of rotatable bonds is 4. The Morgan fingerprint density at radius 2 is 1.96 bits per heavy atom. The van der Waals surface area contributed by atoms with Crippen LogP contribution in [0.3, 0.4) is 0 Å². The minimum atomic E-state index is -4.41. The van der Waals surface area contributed by atoms with Gasteiger partial charge >= 0.3 is 6.18 Å². The third kappa shape index (κ3) is 4.18. The third-order valence-electron chi connectivity index (χ3n) is 3.13. The first kappa shape index (κ1) is 16.7. The number of amides is 1. The molecule has 0 aliphatic carbocycles. The van der Waals surface area contributed by atoms with Crippen LogP contribution in [0.25, 0.3) is 0 Å². The van der Waals surface area contributed by atoms with E-state index in [-0.39, 0.29) is 12.4 Å². The Bertz CT molecular complexity index is 751. The van der Waals surface area contributed by atoms with Crippen molar-refractivity contribution in [3.63, 3.8) is 0 Å². The molecule has 1 amide bonds. The van der Waals surface area contributed by atoms with E-state index in [2.05, 4.69) is 10.4 Å². The number of alkyl halides is 3. The van der Waals surface area contributed by atoms with Crippen molar-refractivity contribution in [3.05, 3.63) is 47.2 Å². The summed E-state index contributed by atoms with van der Waals surface area (Å²) < 4.78 is 39.6. The average Bonchev–Trinajstić information content (AvgIpc) is 2.78. The van der Waals surface area contributed by atoms with Crippen molar-refractivity contribution >= 4 is 17.5 Å². The van der Waals surface area contributed by atoms with Gasteiger partial charge in [0.2, 0.25) is 5.78 Å². The largest absolute Gasteiger partial charge is 0.416 e. The van der Waals surface area contributed by atoms with Gasteiger partial charge in [0.05, 0.1) is 12.1 Å². The maximum absolute atomic E-state index is 12.7. The Hall–Kier alpha value is -2.64. The average molecular weight is 325 g/mol. The summed E-state index contributed by atoms with van der Waals surface area (Å²) in [7, 11) is 0. The molecule has 0 atom stereocenters. The summed E-state index contributed by atoms with van der Waals surface area (Å²) in [5.74, 6) is -1.28. The smallest absolute Gasteiger partial charge is 0.303 e. The molecule has 122 valence electrons. The highest BCUT2D eigenvalue weighted by atomic mass is 19.4. The molecule has 0 saturated carbocycles. The first-order chi connectivity index (χ1) is 10.7. The van der Waals surface area contributed by atoms with Crippen LogP contribution in [0.1, 0.15) is 23.7 Å². The van der Waals surface area contributed by atoms with Crippen LogP contribution in [-0.2, 0) is 22.3 Å². The highest BCUT2D eigenvalue weighted by Crippen LogP contribution is 2.29. The molecule has 1 N–H and O–H groups in total. The topological polar surface area (TPSA) is 64.0 Å². The summed E-state index contributed by atoms with van der Waals surface area (Å²) in [5, 5.41) is 6.39. The van der Waals surface area contributed by atoms with Gasteiger partial charge < -0.3 is 5.32 Å². The van der Waals surface area contributed by atoms with E-state index in [1.807, 2.05) is 0 Å². The zero-order chi connectivity index (χ0) is 17.2. The lowest BCUT2D eigenvalue weighted by atomic mass is 10.1. The van der Waals surface area contributed by atoms with Crippen molar-refractivity contribution in [2.45, 2.75) is 26.6 Å². The quantitative estimate of drug-likeness (QED) is 0.879. The molecule has 0 saturated heterocycles. The molecule has 0 aliphatic heterocycles. The summed E-state index contributed by atoms with van der Waals surface area (Å²) in [6.45, 7) is 2.94. The monoisotopic (exact) mass is 325 g/mol. The highest BCUT2D eigenvalue weighted by molar-refractivity contribution is 6.39. The van der Waals surface area contributed by atoms with Crippen molar-refractivity contribution in [3.8, 4) is 0 Å². The van der Waals surface area contributed by atoms with Gasteiger partial charge in [-0.2, -0.15) is 18.3 Å². The molecule has 0 spiro atoms. The molecular formula is C15H14F3N3O2. The van der Waals surface area contributed by atoms with E-state index in [4.69, 9.17) is 0 Å². The van der Waals surface area contributed by atoms with Gasteiger partial charge in [0, 0.05) is 18.7 Å². The number of carbonyl (C=O) groups is 2. The maximum Gasteiger partial charge on any atom is 0.416 e. The molecule has 2 aromatic rings. The molecule has 0 bridgehead atoms. The third-order valence-corrected chi connectivity index (χ3v) is 3.13. The van der Waals surface area contributed by atoms with Crippen molar-refractivity contribution in [2.75, 3.05) is 5.32 Å². The molecule has 1 aromatic carbocycles. The minimum Gasteiger partial charge on any atom is -0.303 e. The van der Waals surface area contributed by atoms with E-state index >= 15 is 0 Å². The lowest BCUT2D eigenvalue weighted by Gasteiger charge is -2.09. The summed E-state index contributed by atoms with van der Waals surface area (Å²) in [4.78, 5) is 22.2. The van der Waals surface area contributed by atoms with Gasteiger partial charge in [0.25, 0.3) is 5.91 Å². The number of carbonyl (C=O) groups excluding carboxylic acids is 2. The fourth-order valence-corrected chi connectivity index (χ4v) is 1.95. The molecule has 0 fully saturated rings. The van der Waals surface area contributed by atoms with E-state index < -0.39 is 23.4 Å². The van der Waals surface area contributed by atoms with E-state index in [1.54, 1.807) is 13.0 Å². The van der Waals surface area contributed by atoms with Gasteiger partial charge in [-0.3, -0.25) is 14.3 Å². The SMILES string of the molecule is CC(=O)C(=O)Nc1cc(C)n(Cc2cccc(C(F)(F)F)c2)n1. The van der Waals surface area contributed by atoms with Gasteiger partial charge in [-0.25, -0.2) is 0 Å². The Kier molecular flexibility index (Phi) is 4.53. The van der Waals surface area contributed by atoms with Gasteiger partial charge in [-0.1, -0.05) is 12.1 Å². The fourth-order valence-electron chi connectivity index (χ4n) is 1.95. The fraction of sp³-hybridized carbons (Fsp3) is 0.267. The molecule has 0 aliphatic rings. The number of Topliss-reactive ketones (excluding diaryl/α,β-unsaturated/α-hetero) is 1. The Morgan fingerprint density at radius 1 is 1.26 bits per heavy atom. The number of hydrogen-bond acceptors (Lipinski definition) is 3. The van der Waals surface area contributed by atoms with Crippen LogP contribution >= 0.6 is 0 Å². The normalized spacial score (nSPS) is 11.3. The van der Waals surface area contributed by atoms with Gasteiger partial charge in [0.1, 0.15) is 0 Å². The number of nitrogens with zero attached hydrogens (tertiary/aromatic N) is 2. The van der Waals surface area contributed by atoms with Crippen LogP contribution in [0.5, 0.6) is 0 Å². The first-order valence-corrected chi connectivity index (χ1v) is 6.69.